The lowest BCUT2D eigenvalue weighted by Gasteiger charge is -2.07. The summed E-state index contributed by atoms with van der Waals surface area (Å²) in [5.41, 5.74) is -1.89. The molecule has 0 unspecified atom stereocenters. The van der Waals surface area contributed by atoms with Crippen LogP contribution in [0.1, 0.15) is 15.9 Å². The van der Waals surface area contributed by atoms with E-state index in [4.69, 9.17) is 11.6 Å². The molecule has 0 atom stereocenters. The van der Waals surface area contributed by atoms with Crippen LogP contribution in [0.4, 0.5) is 4.39 Å². The van der Waals surface area contributed by atoms with E-state index >= 15 is 0 Å². The second kappa shape index (κ2) is 5.05. The van der Waals surface area contributed by atoms with Crippen molar-refractivity contribution in [3.05, 3.63) is 67.2 Å². The third-order valence-electron chi connectivity index (χ3n) is 2.87. The van der Waals surface area contributed by atoms with Crippen LogP contribution in [0.2, 0.25) is 5.02 Å². The van der Waals surface area contributed by atoms with Crippen LogP contribution in [0.3, 0.4) is 0 Å². The monoisotopic (exact) mass is 296 g/mol. The first-order valence-corrected chi connectivity index (χ1v) is 5.97. The standard InChI is InChI=1S/C13H10ClFN2O3/c1-16-6-9(12(19)17(2)13(16)20)11(18)8-4-3-7(14)5-10(8)15/h3-6H,1-2H3. The number of aryl methyl sites for hydroxylation is 1. The highest BCUT2D eigenvalue weighted by molar-refractivity contribution is 6.30. The zero-order chi connectivity index (χ0) is 15.0. The van der Waals surface area contributed by atoms with E-state index in [2.05, 4.69) is 0 Å². The van der Waals surface area contributed by atoms with Gasteiger partial charge in [-0.15, -0.1) is 0 Å². The molecular weight excluding hydrogens is 287 g/mol. The van der Waals surface area contributed by atoms with Gasteiger partial charge >= 0.3 is 5.69 Å². The number of halogens is 2. The van der Waals surface area contributed by atoms with Gasteiger partial charge in [0.2, 0.25) is 5.78 Å². The van der Waals surface area contributed by atoms with E-state index in [-0.39, 0.29) is 16.1 Å². The second-order valence-corrected chi connectivity index (χ2v) is 4.69. The van der Waals surface area contributed by atoms with Crippen molar-refractivity contribution in [1.82, 2.24) is 9.13 Å². The molecule has 0 N–H and O–H groups in total. The second-order valence-electron chi connectivity index (χ2n) is 4.25. The summed E-state index contributed by atoms with van der Waals surface area (Å²) in [7, 11) is 2.65. The highest BCUT2D eigenvalue weighted by Crippen LogP contribution is 2.16. The molecule has 0 fully saturated rings. The molecule has 2 rings (SSSR count). The Bertz CT molecular complexity index is 823. The van der Waals surface area contributed by atoms with Crippen molar-refractivity contribution in [2.75, 3.05) is 0 Å². The van der Waals surface area contributed by atoms with Crippen molar-refractivity contribution in [3.63, 3.8) is 0 Å². The quantitative estimate of drug-likeness (QED) is 0.780. The van der Waals surface area contributed by atoms with E-state index in [9.17, 15) is 18.8 Å². The smallest absolute Gasteiger partial charge is 0.303 e. The van der Waals surface area contributed by atoms with Crippen LogP contribution in [0.5, 0.6) is 0 Å². The Balaban J connectivity index is 2.66. The summed E-state index contributed by atoms with van der Waals surface area (Å²) in [5, 5.41) is 0.146. The van der Waals surface area contributed by atoms with Gasteiger partial charge in [0.05, 0.1) is 5.56 Å². The third-order valence-corrected chi connectivity index (χ3v) is 3.10. The summed E-state index contributed by atoms with van der Waals surface area (Å²) >= 11 is 5.61. The minimum absolute atomic E-state index is 0.146. The predicted octanol–water partition coefficient (Wildman–Crippen LogP) is 1.11. The maximum Gasteiger partial charge on any atom is 0.330 e. The number of ketones is 1. The first-order chi connectivity index (χ1) is 9.32. The van der Waals surface area contributed by atoms with Gasteiger partial charge in [-0.25, -0.2) is 9.18 Å². The molecule has 1 aromatic carbocycles. The van der Waals surface area contributed by atoms with E-state index in [1.165, 1.54) is 26.2 Å². The average molecular weight is 297 g/mol. The predicted molar refractivity (Wildman–Crippen MR) is 71.8 cm³/mol. The van der Waals surface area contributed by atoms with Crippen molar-refractivity contribution in [3.8, 4) is 0 Å². The normalized spacial score (nSPS) is 10.6. The molecule has 0 spiro atoms. The van der Waals surface area contributed by atoms with Crippen LogP contribution in [0, 0.1) is 5.82 Å². The Morgan fingerprint density at radius 1 is 1.20 bits per heavy atom. The number of carbonyl (C=O) groups excluding carboxylic acids is 1. The summed E-state index contributed by atoms with van der Waals surface area (Å²) in [6.45, 7) is 0. The lowest BCUT2D eigenvalue weighted by molar-refractivity contribution is 0.103. The molecule has 104 valence electrons. The maximum absolute atomic E-state index is 13.7. The van der Waals surface area contributed by atoms with Crippen molar-refractivity contribution < 1.29 is 9.18 Å². The molecule has 0 bridgehead atoms. The molecule has 1 heterocycles. The van der Waals surface area contributed by atoms with Gasteiger partial charge in [0.25, 0.3) is 5.56 Å². The molecule has 0 saturated carbocycles. The van der Waals surface area contributed by atoms with Gasteiger partial charge in [0, 0.05) is 25.3 Å². The molecule has 0 radical (unpaired) electrons. The number of benzene rings is 1. The van der Waals surface area contributed by atoms with Gasteiger partial charge < -0.3 is 4.57 Å². The molecule has 0 aliphatic heterocycles. The molecule has 5 nitrogen and oxygen atoms in total. The fraction of sp³-hybridized carbons (Fsp3) is 0.154. The Morgan fingerprint density at radius 3 is 2.45 bits per heavy atom. The number of rotatable bonds is 2. The zero-order valence-electron chi connectivity index (χ0n) is 10.7. The van der Waals surface area contributed by atoms with Crippen LogP contribution in [-0.4, -0.2) is 14.9 Å². The Hall–Kier alpha value is -2.21. The highest BCUT2D eigenvalue weighted by atomic mass is 35.5. The Kier molecular flexibility index (Phi) is 3.59. The molecule has 7 heteroatoms. The van der Waals surface area contributed by atoms with Crippen molar-refractivity contribution in [2.24, 2.45) is 14.1 Å². The molecule has 20 heavy (non-hydrogen) atoms. The minimum Gasteiger partial charge on any atom is -0.303 e. The van der Waals surface area contributed by atoms with Crippen LogP contribution in [0.15, 0.2) is 34.0 Å². The van der Waals surface area contributed by atoms with Crippen LogP contribution >= 0.6 is 11.6 Å². The van der Waals surface area contributed by atoms with Crippen molar-refractivity contribution >= 4 is 17.4 Å². The van der Waals surface area contributed by atoms with E-state index in [1.807, 2.05) is 0 Å². The van der Waals surface area contributed by atoms with E-state index in [1.54, 1.807) is 0 Å². The number of carbonyl (C=O) groups is 1. The number of hydrogen-bond donors (Lipinski definition) is 0. The topological polar surface area (TPSA) is 61.1 Å². The Labute approximate surface area is 117 Å². The molecular formula is C13H10ClFN2O3. The number of nitrogens with zero attached hydrogens (tertiary/aromatic N) is 2. The van der Waals surface area contributed by atoms with Gasteiger partial charge in [0.15, 0.2) is 0 Å². The summed E-state index contributed by atoms with van der Waals surface area (Å²) in [4.78, 5) is 35.7. The summed E-state index contributed by atoms with van der Waals surface area (Å²) in [6.07, 6.45) is 1.10. The molecule has 2 aromatic rings. The van der Waals surface area contributed by atoms with Crippen molar-refractivity contribution in [2.45, 2.75) is 0 Å². The van der Waals surface area contributed by atoms with E-state index in [0.29, 0.717) is 0 Å². The molecule has 0 aliphatic carbocycles. The third kappa shape index (κ3) is 2.30. The fourth-order valence-corrected chi connectivity index (χ4v) is 1.94. The first-order valence-electron chi connectivity index (χ1n) is 5.59. The average Bonchev–Trinajstić information content (AvgIpc) is 2.40. The van der Waals surface area contributed by atoms with Gasteiger partial charge in [-0.1, -0.05) is 11.6 Å². The number of aromatic nitrogens is 2. The SMILES string of the molecule is Cn1cc(C(=O)c2ccc(Cl)cc2F)c(=O)n(C)c1=O. The van der Waals surface area contributed by atoms with Gasteiger partial charge in [-0.2, -0.15) is 0 Å². The van der Waals surface area contributed by atoms with Crippen molar-refractivity contribution in [1.29, 1.82) is 0 Å². The minimum atomic E-state index is -0.821. The maximum atomic E-state index is 13.7. The molecule has 0 aliphatic rings. The van der Waals surface area contributed by atoms with E-state index < -0.39 is 22.8 Å². The molecule has 1 aromatic heterocycles. The lowest BCUT2D eigenvalue weighted by atomic mass is 10.1. The highest BCUT2D eigenvalue weighted by Gasteiger charge is 2.19. The summed E-state index contributed by atoms with van der Waals surface area (Å²) in [5.74, 6) is -1.62. The molecule has 0 saturated heterocycles. The fourth-order valence-electron chi connectivity index (χ4n) is 1.78. The van der Waals surface area contributed by atoms with Gasteiger partial charge in [-0.3, -0.25) is 14.2 Å². The first kappa shape index (κ1) is 14.2. The van der Waals surface area contributed by atoms with Gasteiger partial charge in [-0.05, 0) is 18.2 Å². The van der Waals surface area contributed by atoms with Crippen LogP contribution in [0.25, 0.3) is 0 Å². The summed E-state index contributed by atoms with van der Waals surface area (Å²) in [6, 6.07) is 3.54. The van der Waals surface area contributed by atoms with E-state index in [0.717, 1.165) is 21.4 Å². The van der Waals surface area contributed by atoms with Crippen LogP contribution < -0.4 is 11.2 Å². The van der Waals surface area contributed by atoms with Crippen LogP contribution in [-0.2, 0) is 14.1 Å². The Morgan fingerprint density at radius 2 is 1.85 bits per heavy atom. The van der Waals surface area contributed by atoms with Gasteiger partial charge in [0.1, 0.15) is 11.4 Å². The zero-order valence-corrected chi connectivity index (χ0v) is 11.4. The lowest BCUT2D eigenvalue weighted by Crippen LogP contribution is -2.39. The molecule has 0 amide bonds. The summed E-state index contributed by atoms with van der Waals surface area (Å²) < 4.78 is 15.6. The number of hydrogen-bond acceptors (Lipinski definition) is 3. The largest absolute Gasteiger partial charge is 0.330 e.